The van der Waals surface area contributed by atoms with Crippen LogP contribution in [-0.4, -0.2) is 13.1 Å². The van der Waals surface area contributed by atoms with Crippen molar-refractivity contribution < 1.29 is 9.53 Å². The van der Waals surface area contributed by atoms with Crippen LogP contribution in [0.1, 0.15) is 13.3 Å². The van der Waals surface area contributed by atoms with Crippen molar-refractivity contribution in [3.63, 3.8) is 0 Å². The molecule has 0 unspecified atom stereocenters. The molecule has 0 aliphatic heterocycles. The molecule has 52 valence electrons. The summed E-state index contributed by atoms with van der Waals surface area (Å²) in [6.45, 7) is 1.89. The average Bonchev–Trinajstić information content (AvgIpc) is 1.87. The van der Waals surface area contributed by atoms with Crippen LogP contribution in [-0.2, 0) is 9.53 Å². The van der Waals surface area contributed by atoms with Gasteiger partial charge in [-0.1, -0.05) is 24.6 Å². The summed E-state index contributed by atoms with van der Waals surface area (Å²) in [6.07, 6.45) is 2.35. The fourth-order valence-electron chi connectivity index (χ4n) is 0.360. The van der Waals surface area contributed by atoms with Gasteiger partial charge in [0.2, 0.25) is 0 Å². The summed E-state index contributed by atoms with van der Waals surface area (Å²) < 4.78 is 4.33. The van der Waals surface area contributed by atoms with Crippen molar-refractivity contribution in [2.24, 2.45) is 0 Å². The monoisotopic (exact) mass is 148 g/mol. The Bertz CT molecular complexity index is 129. The fraction of sp³-hybridized carbons (Fsp3) is 0.500. The van der Waals surface area contributed by atoms with Gasteiger partial charge < -0.3 is 4.74 Å². The minimum Gasteiger partial charge on any atom is -0.465 e. The van der Waals surface area contributed by atoms with Gasteiger partial charge in [0.25, 0.3) is 0 Å². The van der Waals surface area contributed by atoms with E-state index in [1.165, 1.54) is 7.11 Å². The Morgan fingerprint density at radius 1 is 1.78 bits per heavy atom. The molecule has 0 heterocycles. The maximum Gasteiger partial charge on any atom is 0.349 e. The highest BCUT2D eigenvalue weighted by Gasteiger charge is 2.02. The Balaban J connectivity index is 3.86. The van der Waals surface area contributed by atoms with Gasteiger partial charge >= 0.3 is 5.97 Å². The average molecular weight is 149 g/mol. The van der Waals surface area contributed by atoms with E-state index < -0.39 is 5.97 Å². The highest BCUT2D eigenvalue weighted by atomic mass is 35.5. The van der Waals surface area contributed by atoms with Gasteiger partial charge in [0.15, 0.2) is 0 Å². The molecule has 9 heavy (non-hydrogen) atoms. The highest BCUT2D eigenvalue weighted by molar-refractivity contribution is 6.41. The first kappa shape index (κ1) is 8.50. The van der Waals surface area contributed by atoms with Gasteiger partial charge in [-0.3, -0.25) is 0 Å². The van der Waals surface area contributed by atoms with Gasteiger partial charge in [0.1, 0.15) is 5.03 Å². The molecule has 0 rings (SSSR count). The molecule has 0 radical (unpaired) electrons. The van der Waals surface area contributed by atoms with Crippen LogP contribution in [0.25, 0.3) is 0 Å². The zero-order chi connectivity index (χ0) is 7.28. The van der Waals surface area contributed by atoms with Crippen LogP contribution in [0.5, 0.6) is 0 Å². The number of esters is 1. The predicted molar refractivity (Wildman–Crippen MR) is 36.2 cm³/mol. The number of allylic oxidation sites excluding steroid dienone is 1. The predicted octanol–water partition coefficient (Wildman–Crippen LogP) is 1.69. The molecule has 0 bridgehead atoms. The topological polar surface area (TPSA) is 26.3 Å². The minimum atomic E-state index is -0.474. The van der Waals surface area contributed by atoms with E-state index in [-0.39, 0.29) is 5.03 Å². The number of hydrogen-bond donors (Lipinski definition) is 0. The second kappa shape index (κ2) is 4.39. The van der Waals surface area contributed by atoms with Crippen molar-refractivity contribution in [3.8, 4) is 0 Å². The van der Waals surface area contributed by atoms with Crippen molar-refractivity contribution in [3.05, 3.63) is 11.1 Å². The lowest BCUT2D eigenvalue weighted by Crippen LogP contribution is -1.98. The van der Waals surface area contributed by atoms with E-state index >= 15 is 0 Å². The Morgan fingerprint density at radius 3 is 2.67 bits per heavy atom. The first-order valence-corrected chi connectivity index (χ1v) is 3.04. The Hall–Kier alpha value is -0.500. The SMILES string of the molecule is CCC=C(Cl)C(=O)OC. The molecular weight excluding hydrogens is 140 g/mol. The third kappa shape index (κ3) is 3.14. The van der Waals surface area contributed by atoms with Gasteiger partial charge in [-0.15, -0.1) is 0 Å². The van der Waals surface area contributed by atoms with Crippen LogP contribution in [0.4, 0.5) is 0 Å². The smallest absolute Gasteiger partial charge is 0.349 e. The maximum atomic E-state index is 10.5. The minimum absolute atomic E-state index is 0.153. The zero-order valence-corrected chi connectivity index (χ0v) is 6.23. The van der Waals surface area contributed by atoms with Gasteiger partial charge in [-0.05, 0) is 6.42 Å². The molecule has 0 saturated heterocycles. The summed E-state index contributed by atoms with van der Waals surface area (Å²) in [6, 6.07) is 0. The fourth-order valence-corrected chi connectivity index (χ4v) is 0.592. The summed E-state index contributed by atoms with van der Waals surface area (Å²) in [4.78, 5) is 10.5. The highest BCUT2D eigenvalue weighted by Crippen LogP contribution is 2.03. The molecule has 0 saturated carbocycles. The van der Waals surface area contributed by atoms with Crippen LogP contribution in [0, 0.1) is 0 Å². The zero-order valence-electron chi connectivity index (χ0n) is 5.48. The number of ether oxygens (including phenoxy) is 1. The Morgan fingerprint density at radius 2 is 2.33 bits per heavy atom. The maximum absolute atomic E-state index is 10.5. The quantitative estimate of drug-likeness (QED) is 0.440. The number of carbonyl (C=O) groups excluding carboxylic acids is 1. The van der Waals surface area contributed by atoms with E-state index in [1.54, 1.807) is 6.08 Å². The van der Waals surface area contributed by atoms with Gasteiger partial charge in [-0.25, -0.2) is 4.79 Å². The van der Waals surface area contributed by atoms with Gasteiger partial charge in [0, 0.05) is 0 Å². The number of carbonyl (C=O) groups is 1. The summed E-state index contributed by atoms with van der Waals surface area (Å²) >= 11 is 5.42. The third-order valence-corrected chi connectivity index (χ3v) is 1.07. The second-order valence-electron chi connectivity index (χ2n) is 1.45. The van der Waals surface area contributed by atoms with Crippen molar-refractivity contribution in [2.45, 2.75) is 13.3 Å². The van der Waals surface area contributed by atoms with E-state index in [0.29, 0.717) is 0 Å². The molecule has 0 atom stereocenters. The summed E-state index contributed by atoms with van der Waals surface area (Å²) in [5, 5.41) is 0.153. The van der Waals surface area contributed by atoms with E-state index in [9.17, 15) is 4.79 Å². The van der Waals surface area contributed by atoms with E-state index in [1.807, 2.05) is 6.92 Å². The van der Waals surface area contributed by atoms with E-state index in [2.05, 4.69) is 4.74 Å². The van der Waals surface area contributed by atoms with E-state index in [0.717, 1.165) is 6.42 Å². The second-order valence-corrected chi connectivity index (χ2v) is 1.86. The first-order chi connectivity index (χ1) is 4.22. The van der Waals surface area contributed by atoms with Crippen LogP contribution in [0.15, 0.2) is 11.1 Å². The Kier molecular flexibility index (Phi) is 4.14. The van der Waals surface area contributed by atoms with Gasteiger partial charge in [0.05, 0.1) is 7.11 Å². The standard InChI is InChI=1S/C6H9ClO2/c1-3-4-5(7)6(8)9-2/h4H,3H2,1-2H3. The van der Waals surface area contributed by atoms with Crippen molar-refractivity contribution in [2.75, 3.05) is 7.11 Å². The molecule has 0 aliphatic carbocycles. The van der Waals surface area contributed by atoms with Crippen LogP contribution in [0.2, 0.25) is 0 Å². The number of hydrogen-bond acceptors (Lipinski definition) is 2. The molecule has 0 spiro atoms. The lowest BCUT2D eigenvalue weighted by atomic mass is 10.4. The summed E-state index contributed by atoms with van der Waals surface area (Å²) in [5.74, 6) is -0.474. The molecule has 0 aromatic carbocycles. The van der Waals surface area contributed by atoms with Crippen LogP contribution in [0.3, 0.4) is 0 Å². The number of halogens is 1. The van der Waals surface area contributed by atoms with E-state index in [4.69, 9.17) is 11.6 Å². The molecule has 0 amide bonds. The molecule has 2 nitrogen and oxygen atoms in total. The number of rotatable bonds is 2. The Labute approximate surface area is 59.5 Å². The summed E-state index contributed by atoms with van der Waals surface area (Å²) in [5.41, 5.74) is 0. The van der Waals surface area contributed by atoms with Crippen LogP contribution < -0.4 is 0 Å². The summed E-state index contributed by atoms with van der Waals surface area (Å²) in [7, 11) is 1.30. The van der Waals surface area contributed by atoms with Crippen LogP contribution >= 0.6 is 11.6 Å². The largest absolute Gasteiger partial charge is 0.465 e. The van der Waals surface area contributed by atoms with Crippen molar-refractivity contribution in [1.29, 1.82) is 0 Å². The first-order valence-electron chi connectivity index (χ1n) is 2.66. The van der Waals surface area contributed by atoms with Crippen molar-refractivity contribution >= 4 is 17.6 Å². The number of methoxy groups -OCH3 is 1. The molecule has 0 aliphatic rings. The lowest BCUT2D eigenvalue weighted by Gasteiger charge is -1.93. The van der Waals surface area contributed by atoms with Gasteiger partial charge in [-0.2, -0.15) is 0 Å². The third-order valence-electron chi connectivity index (χ3n) is 0.764. The normalized spacial score (nSPS) is 11.2. The molecule has 0 fully saturated rings. The molecular formula is C6H9ClO2. The molecule has 3 heteroatoms. The molecule has 0 aromatic rings. The van der Waals surface area contributed by atoms with Crippen molar-refractivity contribution in [1.82, 2.24) is 0 Å². The lowest BCUT2D eigenvalue weighted by molar-refractivity contribution is -0.135. The molecule has 0 aromatic heterocycles. The molecule has 0 N–H and O–H groups in total.